The van der Waals surface area contributed by atoms with Gasteiger partial charge in [-0.15, -0.1) is 8.58 Å². The van der Waals surface area contributed by atoms with E-state index in [1.54, 1.807) is 0 Å². The largest absolute Gasteiger partial charge is 0.377 e. The molecule has 122 valence electrons. The van der Waals surface area contributed by atoms with Crippen molar-refractivity contribution in [3.8, 4) is 6.07 Å². The van der Waals surface area contributed by atoms with Gasteiger partial charge >= 0.3 is 0 Å². The summed E-state index contributed by atoms with van der Waals surface area (Å²) in [4.78, 5) is 2.15. The van der Waals surface area contributed by atoms with Crippen LogP contribution in [-0.2, 0) is 11.6 Å². The average Bonchev–Trinajstić information content (AvgIpc) is 2.45. The van der Waals surface area contributed by atoms with Gasteiger partial charge in [0.25, 0.3) is 0 Å². The summed E-state index contributed by atoms with van der Waals surface area (Å²) in [6.07, 6.45) is 4.30. The van der Waals surface area contributed by atoms with Gasteiger partial charge < -0.3 is 4.90 Å². The monoisotopic (exact) mass is 318 g/mol. The smallest absolute Gasteiger partial charge is 0.0630 e. The van der Waals surface area contributed by atoms with Crippen molar-refractivity contribution in [2.75, 3.05) is 19.0 Å². The van der Waals surface area contributed by atoms with Crippen LogP contribution in [-0.4, -0.2) is 19.8 Å². The normalized spacial score (nSPS) is 13.3. The number of nitriles is 1. The highest BCUT2D eigenvalue weighted by Gasteiger charge is 2.24. The molecule has 22 heavy (non-hydrogen) atoms. The van der Waals surface area contributed by atoms with E-state index in [-0.39, 0.29) is 5.41 Å². The third-order valence-electron chi connectivity index (χ3n) is 4.17. The SMILES string of the molecule is CCCC(C)PCc1ccc(N(C)C)c(C(C)(C)CC#N)c1. The summed E-state index contributed by atoms with van der Waals surface area (Å²) >= 11 is 0. The minimum absolute atomic E-state index is 0.109. The Morgan fingerprint density at radius 1 is 1.32 bits per heavy atom. The number of hydrogen-bond donors (Lipinski definition) is 0. The zero-order chi connectivity index (χ0) is 16.8. The van der Waals surface area contributed by atoms with E-state index < -0.39 is 0 Å². The molecule has 2 atom stereocenters. The molecule has 3 heteroatoms. The minimum Gasteiger partial charge on any atom is -0.377 e. The molecule has 0 fully saturated rings. The second-order valence-electron chi connectivity index (χ2n) is 7.04. The van der Waals surface area contributed by atoms with Gasteiger partial charge in [-0.25, -0.2) is 0 Å². The Kier molecular flexibility index (Phi) is 7.37. The molecule has 0 aliphatic rings. The fourth-order valence-corrected chi connectivity index (χ4v) is 4.04. The van der Waals surface area contributed by atoms with E-state index >= 15 is 0 Å². The maximum atomic E-state index is 9.13. The van der Waals surface area contributed by atoms with Crippen LogP contribution < -0.4 is 4.90 Å². The lowest BCUT2D eigenvalue weighted by Crippen LogP contribution is -2.22. The van der Waals surface area contributed by atoms with Crippen LogP contribution in [0.15, 0.2) is 18.2 Å². The van der Waals surface area contributed by atoms with Crippen molar-refractivity contribution in [1.29, 1.82) is 5.26 Å². The molecule has 0 amide bonds. The molecule has 0 aliphatic carbocycles. The van der Waals surface area contributed by atoms with Crippen LogP contribution in [0.1, 0.15) is 58.1 Å². The average molecular weight is 318 g/mol. The topological polar surface area (TPSA) is 27.0 Å². The molecule has 0 aromatic heterocycles. The summed E-state index contributed by atoms with van der Waals surface area (Å²) in [7, 11) is 5.13. The van der Waals surface area contributed by atoms with E-state index in [2.05, 4.69) is 71.0 Å². The molecule has 0 N–H and O–H groups in total. The highest BCUT2D eigenvalue weighted by molar-refractivity contribution is 7.37. The molecule has 0 aliphatic heterocycles. The Balaban J connectivity index is 3.02. The molecule has 0 saturated heterocycles. The maximum absolute atomic E-state index is 9.13. The Morgan fingerprint density at radius 2 is 2.00 bits per heavy atom. The number of benzene rings is 1. The number of anilines is 1. The Morgan fingerprint density at radius 3 is 2.55 bits per heavy atom. The van der Waals surface area contributed by atoms with E-state index in [4.69, 9.17) is 5.26 Å². The van der Waals surface area contributed by atoms with Gasteiger partial charge in [-0.3, -0.25) is 0 Å². The van der Waals surface area contributed by atoms with Crippen molar-refractivity contribution in [3.05, 3.63) is 29.3 Å². The van der Waals surface area contributed by atoms with Crippen LogP contribution in [0, 0.1) is 11.3 Å². The summed E-state index contributed by atoms with van der Waals surface area (Å²) in [5.41, 5.74) is 4.64. The highest BCUT2D eigenvalue weighted by Crippen LogP contribution is 2.36. The molecule has 0 radical (unpaired) electrons. The molecule has 0 bridgehead atoms. The van der Waals surface area contributed by atoms with Gasteiger partial charge in [0.2, 0.25) is 0 Å². The van der Waals surface area contributed by atoms with Crippen LogP contribution in [0.25, 0.3) is 0 Å². The first-order chi connectivity index (χ1) is 10.3. The second-order valence-corrected chi connectivity index (χ2v) is 8.78. The quantitative estimate of drug-likeness (QED) is 0.607. The minimum atomic E-state index is -0.109. The predicted octanol–water partition coefficient (Wildman–Crippen LogP) is 5.31. The summed E-state index contributed by atoms with van der Waals surface area (Å²) < 4.78 is 0. The van der Waals surface area contributed by atoms with E-state index in [0.29, 0.717) is 6.42 Å². The highest BCUT2D eigenvalue weighted by atomic mass is 31.1. The van der Waals surface area contributed by atoms with Crippen LogP contribution in [0.5, 0.6) is 0 Å². The first-order valence-corrected chi connectivity index (χ1v) is 9.51. The Hall–Kier alpha value is -1.06. The summed E-state index contributed by atoms with van der Waals surface area (Å²) in [5, 5.41) is 9.13. The van der Waals surface area contributed by atoms with Gasteiger partial charge in [0.15, 0.2) is 0 Å². The molecular weight excluding hydrogens is 287 g/mol. The zero-order valence-electron chi connectivity index (χ0n) is 15.0. The van der Waals surface area contributed by atoms with Gasteiger partial charge in [0, 0.05) is 31.6 Å². The van der Waals surface area contributed by atoms with Crippen LogP contribution >= 0.6 is 8.58 Å². The molecule has 0 heterocycles. The van der Waals surface area contributed by atoms with Gasteiger partial charge in [-0.2, -0.15) is 5.26 Å². The number of rotatable bonds is 8. The third-order valence-corrected chi connectivity index (χ3v) is 5.77. The maximum Gasteiger partial charge on any atom is 0.0630 e. The van der Waals surface area contributed by atoms with E-state index in [1.165, 1.54) is 29.7 Å². The first kappa shape index (κ1) is 19.0. The fraction of sp³-hybridized carbons (Fsp3) is 0.632. The standard InChI is InChI=1S/C19H31N2P/c1-7-8-15(2)22-14-16-9-10-18(21(5)6)17(13-16)19(3,4)11-12-20/h9-10,13,15,22H,7-8,11,14H2,1-6H3. The molecular formula is C19H31N2P. The molecule has 1 rings (SSSR count). The number of hydrogen-bond acceptors (Lipinski definition) is 2. The van der Waals surface area contributed by atoms with E-state index in [1.807, 2.05) is 0 Å². The van der Waals surface area contributed by atoms with Crippen molar-refractivity contribution < 1.29 is 0 Å². The Bertz CT molecular complexity index is 515. The predicted molar refractivity (Wildman–Crippen MR) is 100 cm³/mol. The molecule has 2 unspecified atom stereocenters. The lowest BCUT2D eigenvalue weighted by atomic mass is 9.80. The number of nitrogens with zero attached hydrogens (tertiary/aromatic N) is 2. The van der Waals surface area contributed by atoms with Crippen molar-refractivity contribution in [3.63, 3.8) is 0 Å². The van der Waals surface area contributed by atoms with E-state index in [9.17, 15) is 0 Å². The van der Waals surface area contributed by atoms with Crippen molar-refractivity contribution in [1.82, 2.24) is 0 Å². The zero-order valence-corrected chi connectivity index (χ0v) is 16.0. The molecule has 0 saturated carbocycles. The van der Waals surface area contributed by atoms with Gasteiger partial charge in [-0.05, 0) is 35.4 Å². The second kappa shape index (κ2) is 8.54. The van der Waals surface area contributed by atoms with Crippen molar-refractivity contribution >= 4 is 14.3 Å². The summed E-state index contributed by atoms with van der Waals surface area (Å²) in [5.74, 6) is 0. The van der Waals surface area contributed by atoms with E-state index in [0.717, 1.165) is 20.4 Å². The summed E-state index contributed by atoms with van der Waals surface area (Å²) in [6, 6.07) is 9.15. The van der Waals surface area contributed by atoms with Crippen molar-refractivity contribution in [2.45, 2.75) is 64.2 Å². The molecule has 1 aromatic carbocycles. The molecule has 0 spiro atoms. The van der Waals surface area contributed by atoms with Gasteiger partial charge in [0.05, 0.1) is 6.07 Å². The lowest BCUT2D eigenvalue weighted by molar-refractivity contribution is 0.539. The molecule has 2 nitrogen and oxygen atoms in total. The molecule has 1 aromatic rings. The van der Waals surface area contributed by atoms with Crippen LogP contribution in [0.3, 0.4) is 0 Å². The van der Waals surface area contributed by atoms with Crippen LogP contribution in [0.2, 0.25) is 0 Å². The Labute approximate surface area is 138 Å². The lowest BCUT2D eigenvalue weighted by Gasteiger charge is -2.29. The first-order valence-electron chi connectivity index (χ1n) is 8.23. The van der Waals surface area contributed by atoms with Gasteiger partial charge in [0.1, 0.15) is 0 Å². The third kappa shape index (κ3) is 5.29. The fourth-order valence-electron chi connectivity index (χ4n) is 2.75. The van der Waals surface area contributed by atoms with Gasteiger partial charge in [-0.1, -0.05) is 46.2 Å². The van der Waals surface area contributed by atoms with Crippen LogP contribution in [0.4, 0.5) is 5.69 Å². The van der Waals surface area contributed by atoms with Crippen molar-refractivity contribution in [2.24, 2.45) is 0 Å². The summed E-state index contributed by atoms with van der Waals surface area (Å²) in [6.45, 7) is 8.96.